The lowest BCUT2D eigenvalue weighted by Gasteiger charge is -2.15. The first-order valence-electron chi connectivity index (χ1n) is 7.84. The van der Waals surface area contributed by atoms with Gasteiger partial charge in [-0.25, -0.2) is 0 Å². The minimum absolute atomic E-state index is 0.0893. The third kappa shape index (κ3) is 2.59. The predicted molar refractivity (Wildman–Crippen MR) is 98.2 cm³/mol. The molecule has 2 heterocycles. The van der Waals surface area contributed by atoms with Crippen LogP contribution in [0, 0.1) is 0 Å². The highest BCUT2D eigenvalue weighted by molar-refractivity contribution is 6.31. The number of aromatic nitrogens is 1. The molecule has 5 heteroatoms. The number of anilines is 3. The highest BCUT2D eigenvalue weighted by atomic mass is 35.5. The number of hydrogen-bond donors (Lipinski definition) is 1. The van der Waals surface area contributed by atoms with Gasteiger partial charge in [-0.15, -0.1) is 0 Å². The molecule has 2 aromatic carbocycles. The zero-order valence-corrected chi connectivity index (χ0v) is 14.0. The Morgan fingerprint density at radius 2 is 2.08 bits per heavy atom. The molecule has 24 heavy (non-hydrogen) atoms. The van der Waals surface area contributed by atoms with Crippen molar-refractivity contribution in [1.82, 2.24) is 4.98 Å². The van der Waals surface area contributed by atoms with E-state index in [1.165, 1.54) is 5.56 Å². The Labute approximate surface area is 145 Å². The van der Waals surface area contributed by atoms with Gasteiger partial charge in [0.2, 0.25) is 5.91 Å². The zero-order chi connectivity index (χ0) is 16.7. The highest BCUT2D eigenvalue weighted by Gasteiger charge is 2.22. The lowest BCUT2D eigenvalue weighted by atomic mass is 10.1. The quantitative estimate of drug-likeness (QED) is 0.746. The summed E-state index contributed by atoms with van der Waals surface area (Å²) in [5.74, 6) is 0.0893. The smallest absolute Gasteiger partial charge is 0.223 e. The van der Waals surface area contributed by atoms with E-state index in [1.807, 2.05) is 41.3 Å². The predicted octanol–water partition coefficient (Wildman–Crippen LogP) is 4.54. The molecule has 4 nitrogen and oxygen atoms in total. The van der Waals surface area contributed by atoms with Crippen molar-refractivity contribution in [2.45, 2.75) is 13.3 Å². The summed E-state index contributed by atoms with van der Waals surface area (Å²) in [5.41, 5.74) is 5.05. The average Bonchev–Trinajstić information content (AvgIpc) is 2.98. The summed E-state index contributed by atoms with van der Waals surface area (Å²) in [4.78, 5) is 17.8. The second-order valence-corrected chi connectivity index (χ2v) is 6.35. The Bertz CT molecular complexity index is 954. The van der Waals surface area contributed by atoms with E-state index >= 15 is 0 Å². The molecule has 0 bridgehead atoms. The van der Waals surface area contributed by atoms with Crippen molar-refractivity contribution in [3.8, 4) is 0 Å². The SMILES string of the molecule is CC(=O)N1CCc2cc(Nc3ccnc4cc(Cl)ccc34)ccc21. The second kappa shape index (κ2) is 5.80. The van der Waals surface area contributed by atoms with Crippen molar-refractivity contribution in [1.29, 1.82) is 0 Å². The van der Waals surface area contributed by atoms with E-state index in [0.717, 1.165) is 40.9 Å². The maximum absolute atomic E-state index is 11.7. The Hall–Kier alpha value is -2.59. The van der Waals surface area contributed by atoms with Gasteiger partial charge in [0, 0.05) is 47.1 Å². The van der Waals surface area contributed by atoms with Gasteiger partial charge in [0.15, 0.2) is 0 Å². The summed E-state index contributed by atoms with van der Waals surface area (Å²) >= 11 is 6.04. The molecule has 0 aliphatic carbocycles. The molecule has 120 valence electrons. The Morgan fingerprint density at radius 3 is 2.92 bits per heavy atom. The fourth-order valence-electron chi connectivity index (χ4n) is 3.19. The number of nitrogens with zero attached hydrogens (tertiary/aromatic N) is 2. The molecule has 3 aromatic rings. The molecule has 0 atom stereocenters. The molecule has 1 aliphatic rings. The van der Waals surface area contributed by atoms with Gasteiger partial charge in [0.05, 0.1) is 5.52 Å². The second-order valence-electron chi connectivity index (χ2n) is 5.91. The molecular formula is C19H16ClN3O. The summed E-state index contributed by atoms with van der Waals surface area (Å²) in [6.07, 6.45) is 2.66. The number of rotatable bonds is 2. The highest BCUT2D eigenvalue weighted by Crippen LogP contribution is 2.33. The van der Waals surface area contributed by atoms with Gasteiger partial charge in [0.25, 0.3) is 0 Å². The van der Waals surface area contributed by atoms with Crippen LogP contribution in [-0.2, 0) is 11.2 Å². The maximum atomic E-state index is 11.7. The molecule has 0 unspecified atom stereocenters. The molecule has 0 fully saturated rings. The molecular weight excluding hydrogens is 322 g/mol. The Balaban J connectivity index is 1.69. The van der Waals surface area contributed by atoms with E-state index < -0.39 is 0 Å². The third-order valence-electron chi connectivity index (χ3n) is 4.34. The minimum atomic E-state index is 0.0893. The first-order chi connectivity index (χ1) is 11.6. The van der Waals surface area contributed by atoms with Crippen molar-refractivity contribution in [3.05, 3.63) is 59.2 Å². The number of carbonyl (C=O) groups is 1. The largest absolute Gasteiger partial charge is 0.355 e. The van der Waals surface area contributed by atoms with E-state index in [1.54, 1.807) is 13.1 Å². The summed E-state index contributed by atoms with van der Waals surface area (Å²) < 4.78 is 0. The topological polar surface area (TPSA) is 45.2 Å². The van der Waals surface area contributed by atoms with Crippen LogP contribution in [0.25, 0.3) is 10.9 Å². The van der Waals surface area contributed by atoms with E-state index in [-0.39, 0.29) is 5.91 Å². The number of halogens is 1. The number of fused-ring (bicyclic) bond motifs is 2. The Kier molecular flexibility index (Phi) is 3.62. The normalized spacial score (nSPS) is 13.2. The van der Waals surface area contributed by atoms with Crippen LogP contribution >= 0.6 is 11.6 Å². The van der Waals surface area contributed by atoms with E-state index in [9.17, 15) is 4.79 Å². The monoisotopic (exact) mass is 337 g/mol. The number of carbonyl (C=O) groups excluding carboxylic acids is 1. The van der Waals surface area contributed by atoms with Gasteiger partial charge in [0.1, 0.15) is 0 Å². The summed E-state index contributed by atoms with van der Waals surface area (Å²) in [6, 6.07) is 13.8. The van der Waals surface area contributed by atoms with Crippen molar-refractivity contribution in [2.75, 3.05) is 16.8 Å². The van der Waals surface area contributed by atoms with Crippen LogP contribution in [0.2, 0.25) is 5.02 Å². The number of nitrogens with one attached hydrogen (secondary N) is 1. The lowest BCUT2D eigenvalue weighted by Crippen LogP contribution is -2.25. The van der Waals surface area contributed by atoms with Crippen LogP contribution in [0.4, 0.5) is 17.1 Å². The lowest BCUT2D eigenvalue weighted by molar-refractivity contribution is -0.116. The number of pyridine rings is 1. The molecule has 1 aromatic heterocycles. The van der Waals surface area contributed by atoms with Crippen molar-refractivity contribution in [3.63, 3.8) is 0 Å². The van der Waals surface area contributed by atoms with Gasteiger partial charge in [-0.2, -0.15) is 0 Å². The molecule has 0 spiro atoms. The van der Waals surface area contributed by atoms with Crippen LogP contribution in [0.15, 0.2) is 48.7 Å². The maximum Gasteiger partial charge on any atom is 0.223 e. The van der Waals surface area contributed by atoms with Gasteiger partial charge in [-0.1, -0.05) is 11.6 Å². The molecule has 1 N–H and O–H groups in total. The van der Waals surface area contributed by atoms with Crippen LogP contribution in [-0.4, -0.2) is 17.4 Å². The van der Waals surface area contributed by atoms with Crippen molar-refractivity contribution in [2.24, 2.45) is 0 Å². The minimum Gasteiger partial charge on any atom is -0.355 e. The van der Waals surface area contributed by atoms with Gasteiger partial charge >= 0.3 is 0 Å². The van der Waals surface area contributed by atoms with Crippen molar-refractivity contribution < 1.29 is 4.79 Å². The van der Waals surface area contributed by atoms with Crippen LogP contribution < -0.4 is 10.2 Å². The van der Waals surface area contributed by atoms with Gasteiger partial charge < -0.3 is 10.2 Å². The van der Waals surface area contributed by atoms with E-state index in [4.69, 9.17) is 11.6 Å². The van der Waals surface area contributed by atoms with Gasteiger partial charge in [-0.3, -0.25) is 9.78 Å². The molecule has 1 aliphatic heterocycles. The molecule has 0 saturated carbocycles. The molecule has 0 saturated heterocycles. The first-order valence-corrected chi connectivity index (χ1v) is 8.22. The molecule has 4 rings (SSSR count). The van der Waals surface area contributed by atoms with Gasteiger partial charge in [-0.05, 0) is 54.4 Å². The fraction of sp³-hybridized carbons (Fsp3) is 0.158. The van der Waals surface area contributed by atoms with E-state index in [2.05, 4.69) is 16.4 Å². The molecule has 1 amide bonds. The van der Waals surface area contributed by atoms with Crippen LogP contribution in [0.3, 0.4) is 0 Å². The molecule has 0 radical (unpaired) electrons. The average molecular weight is 338 g/mol. The van der Waals surface area contributed by atoms with E-state index in [0.29, 0.717) is 5.02 Å². The van der Waals surface area contributed by atoms with Crippen LogP contribution in [0.5, 0.6) is 0 Å². The zero-order valence-electron chi connectivity index (χ0n) is 13.2. The first kappa shape index (κ1) is 15.0. The number of amides is 1. The Morgan fingerprint density at radius 1 is 1.21 bits per heavy atom. The van der Waals surface area contributed by atoms with Crippen molar-refractivity contribution >= 4 is 45.5 Å². The third-order valence-corrected chi connectivity index (χ3v) is 4.57. The summed E-state index contributed by atoms with van der Waals surface area (Å²) in [7, 11) is 0. The fourth-order valence-corrected chi connectivity index (χ4v) is 3.36. The number of benzene rings is 2. The standard InChI is InChI=1S/C19H16ClN3O/c1-12(24)23-9-7-13-10-15(3-5-19(13)23)22-17-6-8-21-18-11-14(20)2-4-16(17)18/h2-6,8,10-11H,7,9H2,1H3,(H,21,22). The number of hydrogen-bond acceptors (Lipinski definition) is 3. The summed E-state index contributed by atoms with van der Waals surface area (Å²) in [6.45, 7) is 2.36. The summed E-state index contributed by atoms with van der Waals surface area (Å²) in [5, 5.41) is 5.15. The van der Waals surface area contributed by atoms with Crippen LogP contribution in [0.1, 0.15) is 12.5 Å².